The van der Waals surface area contributed by atoms with Crippen molar-refractivity contribution in [3.63, 3.8) is 0 Å². The van der Waals surface area contributed by atoms with E-state index in [-0.39, 0.29) is 11.8 Å². The molecule has 0 saturated carbocycles. The molecule has 206 valence electrons. The molecule has 4 aromatic carbocycles. The number of anilines is 2. The third-order valence-corrected chi connectivity index (χ3v) is 7.16. The Morgan fingerprint density at radius 3 is 2.27 bits per heavy atom. The second-order valence-corrected chi connectivity index (χ2v) is 10.4. The van der Waals surface area contributed by atoms with Gasteiger partial charge in [-0.15, -0.1) is 0 Å². The molecule has 4 aromatic rings. The highest BCUT2D eigenvalue weighted by atomic mass is 32.2. The number of amides is 2. The van der Waals surface area contributed by atoms with Crippen molar-refractivity contribution in [1.82, 2.24) is 10.2 Å². The summed E-state index contributed by atoms with van der Waals surface area (Å²) in [4.78, 5) is 27.0. The molecule has 2 amide bonds. The second kappa shape index (κ2) is 13.4. The fourth-order valence-electron chi connectivity index (χ4n) is 4.05. The number of rotatable bonds is 11. The van der Waals surface area contributed by atoms with Crippen LogP contribution in [0.4, 0.5) is 11.4 Å². The van der Waals surface area contributed by atoms with Crippen molar-refractivity contribution < 1.29 is 18.5 Å². The van der Waals surface area contributed by atoms with Gasteiger partial charge < -0.3 is 25.0 Å². The highest BCUT2D eigenvalue weighted by molar-refractivity contribution is 7.86. The summed E-state index contributed by atoms with van der Waals surface area (Å²) in [5.41, 5.74) is 4.32. The van der Waals surface area contributed by atoms with E-state index in [9.17, 15) is 13.8 Å². The summed E-state index contributed by atoms with van der Waals surface area (Å²) in [7, 11) is 3.46. The topological polar surface area (TPSA) is 99.8 Å². The average molecular weight is 557 g/mol. The lowest BCUT2D eigenvalue weighted by molar-refractivity contribution is 0.0827. The van der Waals surface area contributed by atoms with Crippen LogP contribution >= 0.6 is 0 Å². The van der Waals surface area contributed by atoms with Gasteiger partial charge in [-0.05, 0) is 65.7 Å². The molecule has 0 heterocycles. The van der Waals surface area contributed by atoms with Gasteiger partial charge in [-0.2, -0.15) is 0 Å². The number of benzene rings is 4. The minimum atomic E-state index is -1.51. The van der Waals surface area contributed by atoms with Gasteiger partial charge >= 0.3 is 0 Å². The van der Waals surface area contributed by atoms with Gasteiger partial charge in [0.2, 0.25) is 0 Å². The highest BCUT2D eigenvalue weighted by Crippen LogP contribution is 2.25. The molecule has 0 aliphatic heterocycles. The van der Waals surface area contributed by atoms with Gasteiger partial charge in [0.25, 0.3) is 11.8 Å². The lowest BCUT2D eigenvalue weighted by atomic mass is 10.0. The molecule has 0 aromatic heterocycles. The Kier molecular flexibility index (Phi) is 9.53. The molecular weight excluding hydrogens is 524 g/mol. The zero-order valence-corrected chi connectivity index (χ0v) is 23.5. The Balaban J connectivity index is 1.35. The largest absolute Gasteiger partial charge is 0.496 e. The third kappa shape index (κ3) is 7.27. The van der Waals surface area contributed by atoms with Crippen LogP contribution in [0.3, 0.4) is 0 Å². The van der Waals surface area contributed by atoms with E-state index in [4.69, 9.17) is 4.74 Å². The minimum absolute atomic E-state index is 0.0736. The van der Waals surface area contributed by atoms with E-state index in [0.29, 0.717) is 40.5 Å². The smallest absolute Gasteiger partial charge is 0.255 e. The summed E-state index contributed by atoms with van der Waals surface area (Å²) in [6, 6.07) is 29.4. The Bertz CT molecular complexity index is 1520. The van der Waals surface area contributed by atoms with Crippen molar-refractivity contribution in [2.24, 2.45) is 0 Å². The van der Waals surface area contributed by atoms with Gasteiger partial charge in [-0.3, -0.25) is 9.59 Å². The van der Waals surface area contributed by atoms with Gasteiger partial charge in [-0.1, -0.05) is 42.5 Å². The fraction of sp³-hybridized carbons (Fsp3) is 0.161. The van der Waals surface area contributed by atoms with Crippen LogP contribution in [0, 0.1) is 0 Å². The Hall–Kier alpha value is -4.63. The Morgan fingerprint density at radius 2 is 1.50 bits per heavy atom. The van der Waals surface area contributed by atoms with E-state index in [1.54, 1.807) is 44.4 Å². The molecule has 1 unspecified atom stereocenters. The fourth-order valence-corrected chi connectivity index (χ4v) is 4.94. The van der Waals surface area contributed by atoms with Crippen LogP contribution in [0.15, 0.2) is 102 Å². The molecule has 9 heteroatoms. The van der Waals surface area contributed by atoms with Crippen LogP contribution in [0.1, 0.15) is 20.7 Å². The van der Waals surface area contributed by atoms with E-state index in [2.05, 4.69) is 15.4 Å². The summed E-state index contributed by atoms with van der Waals surface area (Å²) < 4.78 is 21.5. The van der Waals surface area contributed by atoms with E-state index < -0.39 is 11.0 Å². The zero-order chi connectivity index (χ0) is 28.5. The van der Waals surface area contributed by atoms with Crippen LogP contribution in [0.5, 0.6) is 5.75 Å². The average Bonchev–Trinajstić information content (AvgIpc) is 2.99. The first kappa shape index (κ1) is 28.4. The van der Waals surface area contributed by atoms with Crippen LogP contribution in [0.2, 0.25) is 0 Å². The van der Waals surface area contributed by atoms with E-state index >= 15 is 0 Å². The van der Waals surface area contributed by atoms with E-state index in [1.165, 1.54) is 12.0 Å². The number of para-hydroxylation sites is 1. The van der Waals surface area contributed by atoms with E-state index in [1.807, 2.05) is 66.7 Å². The van der Waals surface area contributed by atoms with Crippen molar-refractivity contribution in [3.8, 4) is 16.9 Å². The first-order chi connectivity index (χ1) is 19.4. The highest BCUT2D eigenvalue weighted by Gasteiger charge is 2.12. The van der Waals surface area contributed by atoms with Gasteiger partial charge in [0.15, 0.2) is 0 Å². The monoisotopic (exact) mass is 556 g/mol. The van der Waals surface area contributed by atoms with Gasteiger partial charge in [0, 0.05) is 44.1 Å². The van der Waals surface area contributed by atoms with Crippen molar-refractivity contribution in [3.05, 3.63) is 108 Å². The number of hydrogen-bond acceptors (Lipinski definition) is 5. The summed E-state index contributed by atoms with van der Waals surface area (Å²) in [6.07, 6.45) is 0. The molecule has 0 fully saturated rings. The maximum absolute atomic E-state index is 13.2. The summed E-state index contributed by atoms with van der Waals surface area (Å²) in [6.45, 7) is 0.916. The number of nitrogens with one attached hydrogen (secondary N) is 3. The SMILES string of the molecule is COc1ccccc1C(=O)NCCNc1cccc(NS(=O)c2cccc(-c3cccc(C(=O)N(C)C)c3)c2)c1. The lowest BCUT2D eigenvalue weighted by Gasteiger charge is -2.13. The van der Waals surface area contributed by atoms with E-state index in [0.717, 1.165) is 16.8 Å². The maximum Gasteiger partial charge on any atom is 0.255 e. The van der Waals surface area contributed by atoms with Crippen LogP contribution < -0.4 is 20.1 Å². The number of ether oxygens (including phenoxy) is 1. The number of carbonyl (C=O) groups excluding carboxylic acids is 2. The van der Waals surface area contributed by atoms with Crippen molar-refractivity contribution in [2.45, 2.75) is 4.90 Å². The minimum Gasteiger partial charge on any atom is -0.496 e. The molecule has 0 aliphatic rings. The predicted molar refractivity (Wildman–Crippen MR) is 160 cm³/mol. The normalized spacial score (nSPS) is 11.3. The summed E-state index contributed by atoms with van der Waals surface area (Å²) in [5, 5.41) is 6.15. The molecule has 0 spiro atoms. The molecule has 8 nitrogen and oxygen atoms in total. The molecule has 40 heavy (non-hydrogen) atoms. The number of nitrogens with zero attached hydrogens (tertiary/aromatic N) is 1. The molecule has 0 saturated heterocycles. The third-order valence-electron chi connectivity index (χ3n) is 6.06. The standard InChI is InChI=1S/C31H32N4O4S/c1-35(2)31(37)24-11-6-9-22(19-24)23-10-7-14-27(20-23)40(38)34-26-13-8-12-25(21-26)32-17-18-33-30(36)28-15-4-5-16-29(28)39-3/h4-16,19-21,32,34H,17-18H2,1-3H3,(H,33,36). The number of methoxy groups -OCH3 is 1. The van der Waals surface area contributed by atoms with Crippen LogP contribution in [-0.4, -0.2) is 55.2 Å². The summed E-state index contributed by atoms with van der Waals surface area (Å²) >= 11 is 0. The van der Waals surface area contributed by atoms with Crippen LogP contribution in [-0.2, 0) is 11.0 Å². The molecule has 3 N–H and O–H groups in total. The molecule has 0 aliphatic carbocycles. The first-order valence-electron chi connectivity index (χ1n) is 12.7. The number of carbonyl (C=O) groups is 2. The van der Waals surface area contributed by atoms with Gasteiger partial charge in [-0.25, -0.2) is 4.21 Å². The van der Waals surface area contributed by atoms with Crippen molar-refractivity contribution in [2.75, 3.05) is 44.3 Å². The quantitative estimate of drug-likeness (QED) is 0.225. The predicted octanol–water partition coefficient (Wildman–Crippen LogP) is 5.04. The van der Waals surface area contributed by atoms with Crippen molar-refractivity contribution in [1.29, 1.82) is 0 Å². The second-order valence-electron chi connectivity index (χ2n) is 9.14. The first-order valence-corrected chi connectivity index (χ1v) is 13.9. The molecular formula is C31H32N4O4S. The number of hydrogen-bond donors (Lipinski definition) is 3. The van der Waals surface area contributed by atoms with Gasteiger partial charge in [0.05, 0.1) is 17.6 Å². The zero-order valence-electron chi connectivity index (χ0n) is 22.6. The molecule has 4 rings (SSSR count). The molecule has 0 bridgehead atoms. The van der Waals surface area contributed by atoms with Gasteiger partial charge in [0.1, 0.15) is 16.7 Å². The van der Waals surface area contributed by atoms with Crippen LogP contribution in [0.25, 0.3) is 11.1 Å². The Labute approximate surface area is 237 Å². The van der Waals surface area contributed by atoms with Crippen molar-refractivity contribution >= 4 is 34.2 Å². The lowest BCUT2D eigenvalue weighted by Crippen LogP contribution is -2.29. The molecule has 1 atom stereocenters. The summed E-state index contributed by atoms with van der Waals surface area (Å²) in [5.74, 6) is 0.247. The maximum atomic E-state index is 13.2. The molecule has 0 radical (unpaired) electrons. The Morgan fingerprint density at radius 1 is 0.800 bits per heavy atom.